The van der Waals surface area contributed by atoms with Crippen molar-refractivity contribution in [1.82, 2.24) is 0 Å². The van der Waals surface area contributed by atoms with Crippen molar-refractivity contribution in [3.05, 3.63) is 83.9 Å². The molecule has 0 spiro atoms. The van der Waals surface area contributed by atoms with Crippen LogP contribution in [0.4, 0.5) is 0 Å². The molecule has 0 heterocycles. The molecule has 42 heavy (non-hydrogen) atoms. The molecule has 0 radical (unpaired) electrons. The Balaban J connectivity index is 1.55. The van der Waals surface area contributed by atoms with E-state index in [9.17, 15) is 0 Å². The van der Waals surface area contributed by atoms with Crippen LogP contribution in [-0.2, 0) is 12.3 Å². The molecule has 0 aromatic heterocycles. The summed E-state index contributed by atoms with van der Waals surface area (Å²) >= 11 is 0. The highest BCUT2D eigenvalue weighted by Crippen LogP contribution is 2.59. The summed E-state index contributed by atoms with van der Waals surface area (Å²) in [6, 6.07) is 28.4. The molecule has 0 atom stereocenters. The normalized spacial score (nSPS) is 17.4. The minimum absolute atomic E-state index is 0.0213. The minimum Gasteiger partial charge on any atom is -0.0969 e. The summed E-state index contributed by atoms with van der Waals surface area (Å²) < 4.78 is 0. The summed E-state index contributed by atoms with van der Waals surface area (Å²) in [5.41, 5.74) is 9.76. The summed E-state index contributed by atoms with van der Waals surface area (Å²) in [7, 11) is -0.124. The smallest absolute Gasteiger partial charge is 0.00606 e. The zero-order valence-corrected chi connectivity index (χ0v) is 28.4. The largest absolute Gasteiger partial charge is 0.0969 e. The second kappa shape index (κ2) is 13.9. The number of hydrogen-bond donors (Lipinski definition) is 0. The first kappa shape index (κ1) is 30.3. The first-order valence-corrected chi connectivity index (χ1v) is 20.4. The highest BCUT2D eigenvalue weighted by Gasteiger charge is 2.32. The number of benzene rings is 4. The molecule has 222 valence electrons. The molecule has 2 saturated carbocycles. The van der Waals surface area contributed by atoms with Crippen molar-refractivity contribution in [3.63, 3.8) is 0 Å². The fourth-order valence-corrected chi connectivity index (χ4v) is 14.6. The van der Waals surface area contributed by atoms with Crippen molar-refractivity contribution in [2.75, 3.05) is 0 Å². The first-order valence-electron chi connectivity index (χ1n) is 17.0. The van der Waals surface area contributed by atoms with Crippen LogP contribution < -0.4 is 0 Å². The van der Waals surface area contributed by atoms with Gasteiger partial charge >= 0.3 is 0 Å². The van der Waals surface area contributed by atoms with E-state index in [1.165, 1.54) is 98.1 Å². The zero-order valence-electron chi connectivity index (χ0n) is 26.6. The van der Waals surface area contributed by atoms with Crippen LogP contribution in [0.5, 0.6) is 0 Å². The van der Waals surface area contributed by atoms with Gasteiger partial charge < -0.3 is 0 Å². The van der Waals surface area contributed by atoms with Crippen LogP contribution in [0.1, 0.15) is 103 Å². The molecular weight excluding hydrogens is 542 g/mol. The molecule has 0 nitrogen and oxygen atoms in total. The van der Waals surface area contributed by atoms with Gasteiger partial charge in [0.15, 0.2) is 0 Å². The molecule has 4 aromatic rings. The van der Waals surface area contributed by atoms with Crippen LogP contribution in [0, 0.1) is 0 Å². The van der Waals surface area contributed by atoms with Crippen LogP contribution in [0.2, 0.25) is 0 Å². The third-order valence-corrected chi connectivity index (χ3v) is 17.4. The molecule has 2 aliphatic rings. The molecule has 0 aliphatic heterocycles. The van der Waals surface area contributed by atoms with Crippen molar-refractivity contribution in [3.8, 4) is 11.1 Å². The van der Waals surface area contributed by atoms with Gasteiger partial charge in [-0.3, -0.25) is 0 Å². The van der Waals surface area contributed by atoms with Crippen LogP contribution >= 0.6 is 15.8 Å². The maximum absolute atomic E-state index is 2.57. The van der Waals surface area contributed by atoms with Gasteiger partial charge in [0.05, 0.1) is 0 Å². The van der Waals surface area contributed by atoms with Gasteiger partial charge in [0.1, 0.15) is 0 Å². The lowest BCUT2D eigenvalue weighted by Gasteiger charge is -2.39. The van der Waals surface area contributed by atoms with Gasteiger partial charge in [0.25, 0.3) is 0 Å². The van der Waals surface area contributed by atoms with E-state index in [0.29, 0.717) is 0 Å². The minimum atomic E-state index is -0.103. The van der Waals surface area contributed by atoms with Crippen molar-refractivity contribution >= 4 is 37.4 Å². The fourth-order valence-electron chi connectivity index (χ4n) is 8.22. The van der Waals surface area contributed by atoms with E-state index in [1.807, 2.05) is 0 Å². The highest BCUT2D eigenvalue weighted by molar-refractivity contribution is 7.58. The van der Waals surface area contributed by atoms with Gasteiger partial charge in [-0.1, -0.05) is 155 Å². The topological polar surface area (TPSA) is 0 Å². The van der Waals surface area contributed by atoms with Crippen molar-refractivity contribution in [2.45, 2.75) is 127 Å². The van der Waals surface area contributed by atoms with E-state index >= 15 is 0 Å². The van der Waals surface area contributed by atoms with Gasteiger partial charge in [-0.15, -0.1) is 0 Å². The number of hydrogen-bond acceptors (Lipinski definition) is 0. The number of rotatable bonds is 9. The molecule has 2 fully saturated rings. The lowest BCUT2D eigenvalue weighted by molar-refractivity contribution is 0.484. The van der Waals surface area contributed by atoms with E-state index in [0.717, 1.165) is 22.6 Å². The first-order chi connectivity index (χ1) is 20.5. The predicted octanol–water partition coefficient (Wildman–Crippen LogP) is 13.1. The second-order valence-electron chi connectivity index (χ2n) is 13.8. The van der Waals surface area contributed by atoms with Crippen LogP contribution in [0.3, 0.4) is 0 Å². The summed E-state index contributed by atoms with van der Waals surface area (Å²) in [5, 5.41) is 5.70. The Morgan fingerprint density at radius 1 is 0.524 bits per heavy atom. The van der Waals surface area contributed by atoms with E-state index in [4.69, 9.17) is 0 Å². The van der Waals surface area contributed by atoms with Crippen molar-refractivity contribution in [2.24, 2.45) is 0 Å². The quantitative estimate of drug-likeness (QED) is 0.169. The average Bonchev–Trinajstić information content (AvgIpc) is 3.02. The van der Waals surface area contributed by atoms with Crippen molar-refractivity contribution < 1.29 is 0 Å². The SMILES string of the molecule is CC(C)P(Cc1ccc2ccccc2c1-c1c(CP(C2CCCCC2)C2CCCCC2)ccc2ccccc12)C(C)C. The molecule has 2 aliphatic carbocycles. The summed E-state index contributed by atoms with van der Waals surface area (Å²) in [5.74, 6) is 0. The third kappa shape index (κ3) is 6.52. The monoisotopic (exact) mass is 594 g/mol. The Morgan fingerprint density at radius 2 is 0.952 bits per heavy atom. The average molecular weight is 595 g/mol. The Bertz CT molecular complexity index is 1450. The van der Waals surface area contributed by atoms with Gasteiger partial charge in [-0.25, -0.2) is 0 Å². The van der Waals surface area contributed by atoms with Crippen LogP contribution in [-0.4, -0.2) is 22.6 Å². The van der Waals surface area contributed by atoms with Gasteiger partial charge in [0.2, 0.25) is 0 Å². The number of fused-ring (bicyclic) bond motifs is 2. The maximum Gasteiger partial charge on any atom is -0.00606 e. The standard InChI is InChI=1S/C40H52P2/c1-29(2)41(30(3)4)27-33-25-23-31-15-11-13-21-37(31)39(33)40-34(26-24-32-16-12-14-22-38(32)40)28-42(35-17-7-5-8-18-35)36-19-9-6-10-20-36/h11-16,21-26,29-30,35-36H,5-10,17-20,27-28H2,1-4H3. The molecule has 0 N–H and O–H groups in total. The van der Waals surface area contributed by atoms with Gasteiger partial charge in [-0.05, 0) is 104 Å². The van der Waals surface area contributed by atoms with E-state index in [1.54, 1.807) is 22.3 Å². The van der Waals surface area contributed by atoms with Gasteiger partial charge in [-0.2, -0.15) is 0 Å². The van der Waals surface area contributed by atoms with Crippen molar-refractivity contribution in [1.29, 1.82) is 0 Å². The van der Waals surface area contributed by atoms with E-state index in [2.05, 4.69) is 100 Å². The second-order valence-corrected chi connectivity index (χ2v) is 20.0. The Kier molecular flexibility index (Phi) is 10.0. The lowest BCUT2D eigenvalue weighted by atomic mass is 9.88. The van der Waals surface area contributed by atoms with Crippen LogP contribution in [0.15, 0.2) is 72.8 Å². The molecule has 2 heteroatoms. The molecule has 0 saturated heterocycles. The molecule has 0 unspecified atom stereocenters. The van der Waals surface area contributed by atoms with Crippen LogP contribution in [0.25, 0.3) is 32.7 Å². The van der Waals surface area contributed by atoms with E-state index in [-0.39, 0.29) is 15.8 Å². The molecule has 0 amide bonds. The lowest BCUT2D eigenvalue weighted by Crippen LogP contribution is -2.21. The molecule has 0 bridgehead atoms. The van der Waals surface area contributed by atoms with Gasteiger partial charge in [0, 0.05) is 0 Å². The fraction of sp³-hybridized carbons (Fsp3) is 0.500. The summed E-state index contributed by atoms with van der Waals surface area (Å²) in [6.45, 7) is 9.82. The third-order valence-electron chi connectivity index (χ3n) is 10.4. The van der Waals surface area contributed by atoms with E-state index < -0.39 is 0 Å². The molecule has 4 aromatic carbocycles. The molecule has 6 rings (SSSR count). The highest BCUT2D eigenvalue weighted by atomic mass is 31.1. The maximum atomic E-state index is 2.57. The zero-order chi connectivity index (χ0) is 29.1. The molecular formula is C40H52P2. The Morgan fingerprint density at radius 3 is 1.40 bits per heavy atom. The predicted molar refractivity (Wildman–Crippen MR) is 192 cm³/mol. The summed E-state index contributed by atoms with van der Waals surface area (Å²) in [4.78, 5) is 0. The Hall–Kier alpha value is -1.74. The Labute approximate surface area is 258 Å². The summed E-state index contributed by atoms with van der Waals surface area (Å²) in [6.07, 6.45) is 17.2.